The summed E-state index contributed by atoms with van der Waals surface area (Å²) in [6.45, 7) is 0. The zero-order chi connectivity index (χ0) is 11.5. The Bertz CT molecular complexity index is 505. The highest BCUT2D eigenvalue weighted by atomic mass is 16.5. The molecule has 0 saturated carbocycles. The minimum Gasteiger partial charge on any atom is -0.464 e. The summed E-state index contributed by atoms with van der Waals surface area (Å²) in [5.41, 5.74) is 6.18. The van der Waals surface area contributed by atoms with Crippen molar-refractivity contribution in [2.45, 2.75) is 0 Å². The van der Waals surface area contributed by atoms with Crippen molar-refractivity contribution in [1.29, 1.82) is 0 Å². The summed E-state index contributed by atoms with van der Waals surface area (Å²) in [6.07, 6.45) is 3.09. The Balaban J connectivity index is 2.29. The second-order valence-corrected chi connectivity index (χ2v) is 2.99. The molecule has 0 unspecified atom stereocenters. The summed E-state index contributed by atoms with van der Waals surface area (Å²) in [4.78, 5) is 11.1. The number of hydrogen-bond donors (Lipinski definition) is 1. The normalized spacial score (nSPS) is 10.1. The maximum Gasteiger partial charge on any atom is 0.358 e. The highest BCUT2D eigenvalue weighted by Crippen LogP contribution is 2.06. The predicted octanol–water partition coefficient (Wildman–Crippen LogP) is 0.0311. The molecule has 7 heteroatoms. The number of carbonyl (C=O) groups excluding carboxylic acids is 1. The van der Waals surface area contributed by atoms with Crippen LogP contribution in [0.5, 0.6) is 0 Å². The maximum atomic E-state index is 11.1. The van der Waals surface area contributed by atoms with Crippen LogP contribution in [0.15, 0.2) is 24.5 Å². The molecule has 7 nitrogen and oxygen atoms in total. The van der Waals surface area contributed by atoms with Gasteiger partial charge in [0.2, 0.25) is 0 Å². The number of methoxy groups -OCH3 is 1. The molecule has 0 spiro atoms. The maximum absolute atomic E-state index is 11.1. The Hall–Kier alpha value is -2.44. The number of nitrogens with two attached hydrogens (primary N) is 1. The van der Waals surface area contributed by atoms with E-state index in [9.17, 15) is 4.79 Å². The lowest BCUT2D eigenvalue weighted by Crippen LogP contribution is -2.07. The summed E-state index contributed by atoms with van der Waals surface area (Å²) in [5, 5.41) is 11.5. The van der Waals surface area contributed by atoms with Crippen molar-refractivity contribution in [1.82, 2.24) is 20.0 Å². The minimum atomic E-state index is -0.529. The third-order valence-corrected chi connectivity index (χ3v) is 1.88. The van der Waals surface area contributed by atoms with Gasteiger partial charge in [0.25, 0.3) is 0 Å². The van der Waals surface area contributed by atoms with E-state index < -0.39 is 5.97 Å². The quantitative estimate of drug-likeness (QED) is 0.716. The van der Waals surface area contributed by atoms with Crippen LogP contribution in [0.3, 0.4) is 0 Å². The molecule has 2 N–H and O–H groups in total. The van der Waals surface area contributed by atoms with Crippen LogP contribution >= 0.6 is 0 Å². The molecule has 2 aromatic rings. The number of esters is 1. The molecule has 0 atom stereocenters. The molecule has 0 radical (unpaired) electrons. The largest absolute Gasteiger partial charge is 0.464 e. The molecule has 0 fully saturated rings. The molecule has 2 rings (SSSR count). The van der Waals surface area contributed by atoms with E-state index in [1.54, 1.807) is 12.3 Å². The number of aromatic nitrogens is 4. The van der Waals surface area contributed by atoms with Crippen molar-refractivity contribution in [3.8, 4) is 5.82 Å². The number of nitrogen functional groups attached to an aromatic ring is 1. The smallest absolute Gasteiger partial charge is 0.358 e. The topological polar surface area (TPSA) is 95.9 Å². The Morgan fingerprint density at radius 3 is 2.75 bits per heavy atom. The molecular formula is C9H9N5O2. The van der Waals surface area contributed by atoms with Crippen molar-refractivity contribution in [3.05, 3.63) is 30.2 Å². The minimum absolute atomic E-state index is 0.145. The Morgan fingerprint density at radius 2 is 2.25 bits per heavy atom. The van der Waals surface area contributed by atoms with Gasteiger partial charge < -0.3 is 10.5 Å². The number of nitrogens with zero attached hydrogens (tertiary/aromatic N) is 4. The van der Waals surface area contributed by atoms with E-state index in [0.29, 0.717) is 11.5 Å². The molecule has 0 aliphatic carbocycles. The Labute approximate surface area is 90.8 Å². The van der Waals surface area contributed by atoms with Gasteiger partial charge in [-0.25, -0.2) is 9.48 Å². The first kappa shape index (κ1) is 10.1. The predicted molar refractivity (Wildman–Crippen MR) is 54.9 cm³/mol. The van der Waals surface area contributed by atoms with Crippen molar-refractivity contribution in [3.63, 3.8) is 0 Å². The molecule has 2 heterocycles. The zero-order valence-electron chi connectivity index (χ0n) is 8.49. The van der Waals surface area contributed by atoms with Gasteiger partial charge in [0.15, 0.2) is 11.5 Å². The summed E-state index contributed by atoms with van der Waals surface area (Å²) in [6, 6.07) is 3.11. The van der Waals surface area contributed by atoms with E-state index in [2.05, 4.69) is 20.0 Å². The highest BCUT2D eigenvalue weighted by Gasteiger charge is 2.08. The third kappa shape index (κ3) is 1.83. The fourth-order valence-electron chi connectivity index (χ4n) is 1.12. The average Bonchev–Trinajstić information content (AvgIpc) is 2.75. The molecule has 0 bridgehead atoms. The van der Waals surface area contributed by atoms with Crippen molar-refractivity contribution in [2.75, 3.05) is 12.8 Å². The number of carbonyl (C=O) groups is 1. The fraction of sp³-hybridized carbons (Fsp3) is 0.111. The van der Waals surface area contributed by atoms with Crippen LogP contribution < -0.4 is 5.73 Å². The van der Waals surface area contributed by atoms with Gasteiger partial charge in [-0.2, -0.15) is 5.10 Å². The molecular weight excluding hydrogens is 210 g/mol. The third-order valence-electron chi connectivity index (χ3n) is 1.88. The van der Waals surface area contributed by atoms with Crippen LogP contribution in [-0.2, 0) is 4.74 Å². The van der Waals surface area contributed by atoms with Crippen LogP contribution in [0, 0.1) is 0 Å². The molecule has 2 aromatic heterocycles. The first-order valence-corrected chi connectivity index (χ1v) is 4.43. The van der Waals surface area contributed by atoms with E-state index in [4.69, 9.17) is 5.73 Å². The van der Waals surface area contributed by atoms with Gasteiger partial charge >= 0.3 is 5.97 Å². The van der Waals surface area contributed by atoms with E-state index in [0.717, 1.165) is 0 Å². The average molecular weight is 219 g/mol. The molecule has 0 aliphatic rings. The zero-order valence-corrected chi connectivity index (χ0v) is 8.49. The standard InChI is InChI=1S/C9H9N5O2/c1-16-9(15)7-2-3-8(13-12-7)14-5-6(10)4-11-14/h2-5H,10H2,1H3. The fourth-order valence-corrected chi connectivity index (χ4v) is 1.12. The second-order valence-electron chi connectivity index (χ2n) is 2.99. The van der Waals surface area contributed by atoms with Gasteiger partial charge in [0, 0.05) is 0 Å². The van der Waals surface area contributed by atoms with Gasteiger partial charge in [-0.15, -0.1) is 10.2 Å². The second kappa shape index (κ2) is 3.97. The highest BCUT2D eigenvalue weighted by molar-refractivity contribution is 5.86. The van der Waals surface area contributed by atoms with Crippen molar-refractivity contribution < 1.29 is 9.53 Å². The van der Waals surface area contributed by atoms with Gasteiger partial charge in [0.1, 0.15) is 0 Å². The molecule has 16 heavy (non-hydrogen) atoms. The van der Waals surface area contributed by atoms with E-state index >= 15 is 0 Å². The van der Waals surface area contributed by atoms with Crippen molar-refractivity contribution in [2.24, 2.45) is 0 Å². The lowest BCUT2D eigenvalue weighted by atomic mass is 10.4. The van der Waals surface area contributed by atoms with Crippen molar-refractivity contribution >= 4 is 11.7 Å². The van der Waals surface area contributed by atoms with Gasteiger partial charge in [-0.3, -0.25) is 0 Å². The van der Waals surface area contributed by atoms with Crippen LogP contribution in [0.2, 0.25) is 0 Å². The van der Waals surface area contributed by atoms with Crippen LogP contribution in [0.25, 0.3) is 5.82 Å². The SMILES string of the molecule is COC(=O)c1ccc(-n2cc(N)cn2)nn1. The summed E-state index contributed by atoms with van der Waals surface area (Å²) in [5.74, 6) is -0.0524. The number of hydrogen-bond acceptors (Lipinski definition) is 6. The first-order valence-electron chi connectivity index (χ1n) is 4.43. The summed E-state index contributed by atoms with van der Waals surface area (Å²) < 4.78 is 5.96. The molecule has 0 amide bonds. The molecule has 82 valence electrons. The van der Waals surface area contributed by atoms with Gasteiger partial charge in [-0.05, 0) is 12.1 Å². The Kier molecular flexibility index (Phi) is 2.50. The summed E-state index contributed by atoms with van der Waals surface area (Å²) >= 11 is 0. The molecule has 0 aromatic carbocycles. The van der Waals surface area contributed by atoms with E-state index in [-0.39, 0.29) is 5.69 Å². The van der Waals surface area contributed by atoms with Crippen LogP contribution in [0.1, 0.15) is 10.5 Å². The van der Waals surface area contributed by atoms with Gasteiger partial charge in [0.05, 0.1) is 25.2 Å². The summed E-state index contributed by atoms with van der Waals surface area (Å²) in [7, 11) is 1.28. The number of ether oxygens (including phenoxy) is 1. The monoisotopic (exact) mass is 219 g/mol. The Morgan fingerprint density at radius 1 is 1.44 bits per heavy atom. The number of rotatable bonds is 2. The molecule has 0 aliphatic heterocycles. The first-order chi connectivity index (χ1) is 7.70. The lowest BCUT2D eigenvalue weighted by molar-refractivity contribution is 0.0592. The van der Waals surface area contributed by atoms with E-state index in [1.807, 2.05) is 0 Å². The van der Waals surface area contributed by atoms with Crippen LogP contribution in [-0.4, -0.2) is 33.1 Å². The van der Waals surface area contributed by atoms with Crippen LogP contribution in [0.4, 0.5) is 5.69 Å². The molecule has 0 saturated heterocycles. The lowest BCUT2D eigenvalue weighted by Gasteiger charge is -2.00. The van der Waals surface area contributed by atoms with E-state index in [1.165, 1.54) is 24.1 Å². The number of anilines is 1. The van der Waals surface area contributed by atoms with Gasteiger partial charge in [-0.1, -0.05) is 0 Å².